The molecule has 1 aliphatic rings. The number of carbonyl (C=O) groups is 1. The molecule has 1 amide bonds. The van der Waals surface area contributed by atoms with Gasteiger partial charge in [-0.1, -0.05) is 30.3 Å². The van der Waals surface area contributed by atoms with Gasteiger partial charge in [0.25, 0.3) is 5.91 Å². The molecule has 3 aromatic rings. The van der Waals surface area contributed by atoms with Crippen LogP contribution in [0.3, 0.4) is 0 Å². The third-order valence-corrected chi connectivity index (χ3v) is 5.51. The summed E-state index contributed by atoms with van der Waals surface area (Å²) in [4.78, 5) is 24.8. The Kier molecular flexibility index (Phi) is 5.59. The molecule has 0 aliphatic heterocycles. The van der Waals surface area contributed by atoms with E-state index in [0.717, 1.165) is 34.9 Å². The predicted molar refractivity (Wildman–Crippen MR) is 114 cm³/mol. The average Bonchev–Trinajstić information content (AvgIpc) is 3.22. The van der Waals surface area contributed by atoms with Gasteiger partial charge in [0.1, 0.15) is 11.3 Å². The number of aryl methyl sites for hydroxylation is 2. The fraction of sp³-hybridized carbons (Fsp3) is 0.333. The lowest BCUT2D eigenvalue weighted by Gasteiger charge is -2.19. The normalized spacial score (nSPS) is 14.9. The minimum absolute atomic E-state index is 0.0926. The van der Waals surface area contributed by atoms with Gasteiger partial charge in [-0.2, -0.15) is 0 Å². The van der Waals surface area contributed by atoms with Crippen molar-refractivity contribution in [3.05, 3.63) is 75.1 Å². The van der Waals surface area contributed by atoms with Crippen molar-refractivity contribution in [2.45, 2.75) is 45.3 Å². The maximum atomic E-state index is 12.6. The molecule has 0 saturated carbocycles. The summed E-state index contributed by atoms with van der Waals surface area (Å²) >= 11 is 0. The first-order chi connectivity index (χ1) is 14.4. The summed E-state index contributed by atoms with van der Waals surface area (Å²) in [6.45, 7) is 3.65. The number of nitrogens with one attached hydrogen (secondary N) is 1. The van der Waals surface area contributed by atoms with Crippen LogP contribution in [-0.4, -0.2) is 23.7 Å². The smallest absolute Gasteiger partial charge is 0.339 e. The van der Waals surface area contributed by atoms with E-state index in [0.29, 0.717) is 23.3 Å². The number of hydrogen-bond acceptors (Lipinski definition) is 5. The summed E-state index contributed by atoms with van der Waals surface area (Å²) in [5.41, 5.74) is 3.49. The number of benzene rings is 2. The van der Waals surface area contributed by atoms with E-state index in [2.05, 4.69) is 5.32 Å². The zero-order valence-electron chi connectivity index (χ0n) is 17.1. The number of aliphatic hydroxyl groups is 1. The summed E-state index contributed by atoms with van der Waals surface area (Å²) in [5.74, 6) is 0.215. The van der Waals surface area contributed by atoms with Crippen LogP contribution in [0.4, 0.5) is 0 Å². The van der Waals surface area contributed by atoms with Gasteiger partial charge in [0.15, 0.2) is 6.10 Å². The second kappa shape index (κ2) is 8.32. The lowest BCUT2D eigenvalue weighted by molar-refractivity contribution is -0.127. The Labute approximate surface area is 174 Å². The van der Waals surface area contributed by atoms with E-state index in [1.807, 2.05) is 49.4 Å². The van der Waals surface area contributed by atoms with Crippen LogP contribution in [0.15, 0.2) is 51.7 Å². The Bertz CT molecular complexity index is 1140. The highest BCUT2D eigenvalue weighted by atomic mass is 16.5. The highest BCUT2D eigenvalue weighted by Gasteiger charge is 2.24. The highest BCUT2D eigenvalue weighted by molar-refractivity contribution is 5.89. The Hall–Kier alpha value is -3.12. The van der Waals surface area contributed by atoms with E-state index in [9.17, 15) is 14.7 Å². The van der Waals surface area contributed by atoms with E-state index in [-0.39, 0.29) is 18.1 Å². The second-order valence-corrected chi connectivity index (χ2v) is 7.77. The lowest BCUT2D eigenvalue weighted by Crippen LogP contribution is -2.38. The van der Waals surface area contributed by atoms with E-state index in [1.54, 1.807) is 6.92 Å². The Morgan fingerprint density at radius 1 is 1.20 bits per heavy atom. The SMILES string of the molecule is Cc1cc(O[C@@H](C)C(=O)NC[C@@H](O)c2ccccc2)c2c3c(c(=O)oc2c1)CCC3. The Morgan fingerprint density at radius 2 is 1.93 bits per heavy atom. The first-order valence-corrected chi connectivity index (χ1v) is 10.2. The molecule has 30 heavy (non-hydrogen) atoms. The Morgan fingerprint density at radius 3 is 2.70 bits per heavy atom. The maximum Gasteiger partial charge on any atom is 0.339 e. The third-order valence-electron chi connectivity index (χ3n) is 5.51. The topological polar surface area (TPSA) is 88.8 Å². The molecular weight excluding hydrogens is 382 g/mol. The fourth-order valence-corrected chi connectivity index (χ4v) is 3.98. The first-order valence-electron chi connectivity index (χ1n) is 10.2. The number of fused-ring (bicyclic) bond motifs is 3. The molecule has 0 fully saturated rings. The fourth-order valence-electron chi connectivity index (χ4n) is 3.98. The molecule has 1 heterocycles. The molecular formula is C24H25NO5. The Balaban J connectivity index is 1.53. The number of carbonyl (C=O) groups excluding carboxylic acids is 1. The number of ether oxygens (including phenoxy) is 1. The average molecular weight is 407 g/mol. The van der Waals surface area contributed by atoms with Crippen LogP contribution >= 0.6 is 0 Å². The molecule has 6 heteroatoms. The molecule has 2 aromatic carbocycles. The largest absolute Gasteiger partial charge is 0.480 e. The minimum atomic E-state index is -0.792. The number of hydrogen-bond donors (Lipinski definition) is 2. The summed E-state index contributed by atoms with van der Waals surface area (Å²) in [6.07, 6.45) is 0.830. The van der Waals surface area contributed by atoms with Crippen molar-refractivity contribution in [3.8, 4) is 5.75 Å². The predicted octanol–water partition coefficient (Wildman–Crippen LogP) is 3.21. The van der Waals surface area contributed by atoms with E-state index in [1.165, 1.54) is 0 Å². The standard InChI is InChI=1S/C24H25NO5/c1-14-11-20(22-17-9-6-10-18(17)24(28)30-21(22)12-14)29-15(2)23(27)25-13-19(26)16-7-4-3-5-8-16/h3-5,7-8,11-12,15,19,26H,6,9-10,13H2,1-2H3,(H,25,27)/t15-,19+/m0/s1. The van der Waals surface area contributed by atoms with Gasteiger partial charge >= 0.3 is 5.63 Å². The van der Waals surface area contributed by atoms with Crippen molar-refractivity contribution < 1.29 is 19.1 Å². The van der Waals surface area contributed by atoms with Crippen LogP contribution in [0, 0.1) is 6.92 Å². The van der Waals surface area contributed by atoms with E-state index < -0.39 is 12.2 Å². The molecule has 2 N–H and O–H groups in total. The highest BCUT2D eigenvalue weighted by Crippen LogP contribution is 2.35. The van der Waals surface area contributed by atoms with Gasteiger partial charge in [0.05, 0.1) is 11.5 Å². The van der Waals surface area contributed by atoms with Crippen molar-refractivity contribution >= 4 is 16.9 Å². The van der Waals surface area contributed by atoms with Crippen LogP contribution in [0.25, 0.3) is 11.0 Å². The molecule has 0 bridgehead atoms. The van der Waals surface area contributed by atoms with Gasteiger partial charge in [-0.25, -0.2) is 4.79 Å². The summed E-state index contributed by atoms with van der Waals surface area (Å²) in [6, 6.07) is 12.9. The molecule has 2 atom stereocenters. The summed E-state index contributed by atoms with van der Waals surface area (Å²) < 4.78 is 11.5. The monoisotopic (exact) mass is 407 g/mol. The van der Waals surface area contributed by atoms with Crippen molar-refractivity contribution in [1.82, 2.24) is 5.32 Å². The van der Waals surface area contributed by atoms with Crippen LogP contribution in [0.2, 0.25) is 0 Å². The zero-order chi connectivity index (χ0) is 21.3. The molecule has 6 nitrogen and oxygen atoms in total. The minimum Gasteiger partial charge on any atom is -0.480 e. The lowest BCUT2D eigenvalue weighted by atomic mass is 10.0. The number of amides is 1. The number of aliphatic hydroxyl groups excluding tert-OH is 1. The summed E-state index contributed by atoms with van der Waals surface area (Å²) in [7, 11) is 0. The summed E-state index contributed by atoms with van der Waals surface area (Å²) in [5, 5.41) is 13.8. The van der Waals surface area contributed by atoms with Crippen molar-refractivity contribution in [2.24, 2.45) is 0 Å². The van der Waals surface area contributed by atoms with Gasteiger partial charge in [0, 0.05) is 12.1 Å². The van der Waals surface area contributed by atoms with Crippen LogP contribution < -0.4 is 15.7 Å². The van der Waals surface area contributed by atoms with Crippen molar-refractivity contribution in [2.75, 3.05) is 6.54 Å². The van der Waals surface area contributed by atoms with Gasteiger partial charge in [0.2, 0.25) is 0 Å². The third kappa shape index (κ3) is 3.96. The quantitative estimate of drug-likeness (QED) is 0.613. The molecule has 4 rings (SSSR count). The molecule has 156 valence electrons. The van der Waals surface area contributed by atoms with Crippen LogP contribution in [0.5, 0.6) is 5.75 Å². The maximum absolute atomic E-state index is 12.6. The van der Waals surface area contributed by atoms with Gasteiger partial charge in [-0.05, 0) is 61.9 Å². The molecule has 1 aliphatic carbocycles. The molecule has 0 radical (unpaired) electrons. The first kappa shape index (κ1) is 20.2. The zero-order valence-corrected chi connectivity index (χ0v) is 17.1. The van der Waals surface area contributed by atoms with Gasteiger partial charge in [-0.15, -0.1) is 0 Å². The van der Waals surface area contributed by atoms with E-state index >= 15 is 0 Å². The number of rotatable bonds is 6. The molecule has 0 saturated heterocycles. The molecule has 0 spiro atoms. The molecule has 1 aromatic heterocycles. The van der Waals surface area contributed by atoms with Crippen LogP contribution in [0.1, 0.15) is 41.7 Å². The van der Waals surface area contributed by atoms with Crippen molar-refractivity contribution in [3.63, 3.8) is 0 Å². The van der Waals surface area contributed by atoms with E-state index in [4.69, 9.17) is 9.15 Å². The van der Waals surface area contributed by atoms with Crippen LogP contribution in [-0.2, 0) is 17.6 Å². The molecule has 0 unspecified atom stereocenters. The van der Waals surface area contributed by atoms with Gasteiger partial charge in [-0.3, -0.25) is 4.79 Å². The van der Waals surface area contributed by atoms with Crippen molar-refractivity contribution in [1.29, 1.82) is 0 Å². The van der Waals surface area contributed by atoms with Gasteiger partial charge < -0.3 is 19.6 Å². The second-order valence-electron chi connectivity index (χ2n) is 7.77.